The molecule has 2 aromatic carbocycles. The molecule has 110 valence electrons. The van der Waals surface area contributed by atoms with E-state index in [0.717, 1.165) is 5.69 Å². The minimum Gasteiger partial charge on any atom is -0.399 e. The number of benzene rings is 2. The van der Waals surface area contributed by atoms with Gasteiger partial charge in [0.15, 0.2) is 0 Å². The number of carbonyl (C=O) groups is 1. The van der Waals surface area contributed by atoms with Crippen LogP contribution < -0.4 is 16.0 Å². The van der Waals surface area contributed by atoms with Crippen LogP contribution in [0.5, 0.6) is 0 Å². The predicted octanol–water partition coefficient (Wildman–Crippen LogP) is 3.31. The van der Waals surface area contributed by atoms with Crippen molar-refractivity contribution in [2.24, 2.45) is 0 Å². The maximum Gasteiger partial charge on any atom is 0.243 e. The summed E-state index contributed by atoms with van der Waals surface area (Å²) >= 11 is 6.03. The molecule has 2 aromatic rings. The van der Waals surface area contributed by atoms with Crippen molar-refractivity contribution in [3.05, 3.63) is 53.1 Å². The molecule has 2 rings (SSSR count). The van der Waals surface area contributed by atoms with E-state index in [2.05, 4.69) is 5.32 Å². The Bertz CT molecular complexity index is 640. The van der Waals surface area contributed by atoms with Crippen LogP contribution in [0, 0.1) is 6.92 Å². The van der Waals surface area contributed by atoms with E-state index in [9.17, 15) is 4.79 Å². The number of nitrogens with zero attached hydrogens (tertiary/aromatic N) is 1. The van der Waals surface area contributed by atoms with Crippen molar-refractivity contribution in [2.45, 2.75) is 6.92 Å². The fraction of sp³-hybridized carbons (Fsp3) is 0.188. The van der Waals surface area contributed by atoms with E-state index in [1.165, 1.54) is 5.56 Å². The first kappa shape index (κ1) is 15.2. The van der Waals surface area contributed by atoms with E-state index >= 15 is 0 Å². The molecule has 0 bridgehead atoms. The molecule has 1 amide bonds. The minimum atomic E-state index is -0.148. The van der Waals surface area contributed by atoms with Gasteiger partial charge in [0, 0.05) is 18.4 Å². The largest absolute Gasteiger partial charge is 0.399 e. The molecule has 0 aliphatic carbocycles. The van der Waals surface area contributed by atoms with Gasteiger partial charge >= 0.3 is 0 Å². The van der Waals surface area contributed by atoms with Crippen molar-refractivity contribution in [1.82, 2.24) is 0 Å². The van der Waals surface area contributed by atoms with Gasteiger partial charge in [-0.15, -0.1) is 0 Å². The fourth-order valence-corrected chi connectivity index (χ4v) is 2.10. The molecule has 0 heterocycles. The molecule has 0 unspecified atom stereocenters. The van der Waals surface area contributed by atoms with Crippen LogP contribution in [0.1, 0.15) is 5.56 Å². The summed E-state index contributed by atoms with van der Waals surface area (Å²) in [7, 11) is 1.87. The van der Waals surface area contributed by atoms with Crippen molar-refractivity contribution >= 4 is 34.6 Å². The second kappa shape index (κ2) is 6.50. The maximum atomic E-state index is 12.1. The third kappa shape index (κ3) is 4.13. The lowest BCUT2D eigenvalue weighted by Crippen LogP contribution is -2.30. The summed E-state index contributed by atoms with van der Waals surface area (Å²) in [6, 6.07) is 13.0. The Morgan fingerprint density at radius 1 is 1.24 bits per heavy atom. The Morgan fingerprint density at radius 3 is 2.57 bits per heavy atom. The molecule has 0 saturated heterocycles. The van der Waals surface area contributed by atoms with Crippen LogP contribution in [0.25, 0.3) is 0 Å². The van der Waals surface area contributed by atoms with Crippen LogP contribution in [0.3, 0.4) is 0 Å². The smallest absolute Gasteiger partial charge is 0.243 e. The van der Waals surface area contributed by atoms with Crippen LogP contribution in [0.15, 0.2) is 42.5 Å². The molecular formula is C16H18ClN3O. The first-order valence-corrected chi connectivity index (χ1v) is 6.96. The minimum absolute atomic E-state index is 0.148. The topological polar surface area (TPSA) is 58.4 Å². The van der Waals surface area contributed by atoms with Crippen molar-refractivity contribution in [3.8, 4) is 0 Å². The highest BCUT2D eigenvalue weighted by Gasteiger charge is 2.10. The monoisotopic (exact) mass is 303 g/mol. The van der Waals surface area contributed by atoms with E-state index in [0.29, 0.717) is 16.4 Å². The number of amides is 1. The van der Waals surface area contributed by atoms with Crippen molar-refractivity contribution in [2.75, 3.05) is 29.5 Å². The Labute approximate surface area is 129 Å². The zero-order chi connectivity index (χ0) is 15.4. The van der Waals surface area contributed by atoms with Crippen LogP contribution in [0.2, 0.25) is 5.02 Å². The van der Waals surface area contributed by atoms with E-state index in [1.807, 2.05) is 43.1 Å². The third-order valence-corrected chi connectivity index (χ3v) is 3.45. The Morgan fingerprint density at radius 2 is 1.90 bits per heavy atom. The van der Waals surface area contributed by atoms with Crippen LogP contribution in [0.4, 0.5) is 17.1 Å². The number of carbonyl (C=O) groups excluding carboxylic acids is 1. The Kier molecular flexibility index (Phi) is 4.70. The number of hydrogen-bond donors (Lipinski definition) is 2. The highest BCUT2D eigenvalue weighted by Crippen LogP contribution is 2.24. The predicted molar refractivity (Wildman–Crippen MR) is 88.9 cm³/mol. The third-order valence-electron chi connectivity index (χ3n) is 3.12. The molecule has 0 aliphatic rings. The van der Waals surface area contributed by atoms with E-state index in [-0.39, 0.29) is 12.5 Å². The van der Waals surface area contributed by atoms with Crippen LogP contribution in [-0.4, -0.2) is 19.5 Å². The lowest BCUT2D eigenvalue weighted by Gasteiger charge is -2.19. The average molecular weight is 304 g/mol. The van der Waals surface area contributed by atoms with Gasteiger partial charge in [-0.3, -0.25) is 4.79 Å². The molecule has 21 heavy (non-hydrogen) atoms. The second-order valence-corrected chi connectivity index (χ2v) is 5.39. The van der Waals surface area contributed by atoms with Crippen molar-refractivity contribution in [1.29, 1.82) is 0 Å². The lowest BCUT2D eigenvalue weighted by molar-refractivity contribution is -0.114. The van der Waals surface area contributed by atoms with Gasteiger partial charge in [-0.2, -0.15) is 0 Å². The van der Waals surface area contributed by atoms with Gasteiger partial charge in [0.25, 0.3) is 0 Å². The van der Waals surface area contributed by atoms with Gasteiger partial charge < -0.3 is 16.0 Å². The number of nitrogen functional groups attached to an aromatic ring is 1. The summed E-state index contributed by atoms with van der Waals surface area (Å²) in [4.78, 5) is 13.9. The number of rotatable bonds is 4. The Hall–Kier alpha value is -2.20. The summed E-state index contributed by atoms with van der Waals surface area (Å²) in [5, 5.41) is 3.24. The first-order chi connectivity index (χ1) is 9.95. The number of aryl methyl sites for hydroxylation is 1. The van der Waals surface area contributed by atoms with Gasteiger partial charge in [-0.25, -0.2) is 0 Å². The summed E-state index contributed by atoms with van der Waals surface area (Å²) in [5.74, 6) is -0.148. The van der Waals surface area contributed by atoms with Gasteiger partial charge in [0.2, 0.25) is 5.91 Å². The molecule has 0 atom stereocenters. The summed E-state index contributed by atoms with van der Waals surface area (Å²) in [5.41, 5.74) is 8.94. The molecule has 4 nitrogen and oxygen atoms in total. The van der Waals surface area contributed by atoms with Crippen LogP contribution >= 0.6 is 11.6 Å². The van der Waals surface area contributed by atoms with E-state index in [4.69, 9.17) is 17.3 Å². The van der Waals surface area contributed by atoms with Crippen molar-refractivity contribution in [3.63, 3.8) is 0 Å². The quantitative estimate of drug-likeness (QED) is 0.852. The molecule has 0 spiro atoms. The first-order valence-electron chi connectivity index (χ1n) is 6.58. The highest BCUT2D eigenvalue weighted by atomic mass is 35.5. The fourth-order valence-electron chi connectivity index (χ4n) is 1.93. The molecule has 0 saturated carbocycles. The Balaban J connectivity index is 2.01. The lowest BCUT2D eigenvalue weighted by atomic mass is 10.2. The molecule has 0 radical (unpaired) electrons. The normalized spacial score (nSPS) is 10.2. The zero-order valence-electron chi connectivity index (χ0n) is 12.1. The number of hydrogen-bond acceptors (Lipinski definition) is 3. The standard InChI is InChI=1S/C16H18ClN3O/c1-11-3-6-13(7-4-11)20(2)10-16(21)19-15-9-12(18)5-8-14(15)17/h3-9H,10,18H2,1-2H3,(H,19,21). The highest BCUT2D eigenvalue weighted by molar-refractivity contribution is 6.33. The number of halogens is 1. The molecular weight excluding hydrogens is 286 g/mol. The number of anilines is 3. The second-order valence-electron chi connectivity index (χ2n) is 4.98. The van der Waals surface area contributed by atoms with E-state index in [1.54, 1.807) is 18.2 Å². The van der Waals surface area contributed by atoms with Gasteiger partial charge in [0.05, 0.1) is 17.3 Å². The molecule has 3 N–H and O–H groups in total. The summed E-state index contributed by atoms with van der Waals surface area (Å²) < 4.78 is 0. The zero-order valence-corrected chi connectivity index (χ0v) is 12.8. The summed E-state index contributed by atoms with van der Waals surface area (Å²) in [6.07, 6.45) is 0. The molecule has 0 aromatic heterocycles. The van der Waals surface area contributed by atoms with E-state index < -0.39 is 0 Å². The van der Waals surface area contributed by atoms with Gasteiger partial charge in [0.1, 0.15) is 0 Å². The SMILES string of the molecule is Cc1ccc(N(C)CC(=O)Nc2cc(N)ccc2Cl)cc1. The van der Waals surface area contributed by atoms with Crippen LogP contribution in [-0.2, 0) is 4.79 Å². The van der Waals surface area contributed by atoms with Gasteiger partial charge in [-0.05, 0) is 37.3 Å². The maximum absolute atomic E-state index is 12.1. The molecule has 0 aliphatic heterocycles. The molecule has 0 fully saturated rings. The van der Waals surface area contributed by atoms with Gasteiger partial charge in [-0.1, -0.05) is 29.3 Å². The summed E-state index contributed by atoms with van der Waals surface area (Å²) in [6.45, 7) is 2.26. The number of nitrogens with two attached hydrogens (primary N) is 1. The number of nitrogens with one attached hydrogen (secondary N) is 1. The number of likely N-dealkylation sites (N-methyl/N-ethyl adjacent to an activating group) is 1. The molecule has 5 heteroatoms. The average Bonchev–Trinajstić information content (AvgIpc) is 2.43. The van der Waals surface area contributed by atoms with Crippen molar-refractivity contribution < 1.29 is 4.79 Å².